The molecule has 1 aliphatic rings. The molecule has 1 amide bonds. The zero-order valence-corrected chi connectivity index (χ0v) is 13.8. The fourth-order valence-electron chi connectivity index (χ4n) is 3.12. The maximum atomic E-state index is 12.1. The summed E-state index contributed by atoms with van der Waals surface area (Å²) in [4.78, 5) is 12.1. The Kier molecular flexibility index (Phi) is 5.49. The number of benzene rings is 2. The number of amides is 1. The maximum absolute atomic E-state index is 12.1. The molecule has 0 radical (unpaired) electrons. The normalized spacial score (nSPS) is 20.4. The monoisotopic (exact) mass is 324 g/mol. The van der Waals surface area contributed by atoms with Crippen LogP contribution >= 0.6 is 0 Å². The van der Waals surface area contributed by atoms with Crippen molar-refractivity contribution in [3.8, 4) is 16.9 Å². The molecule has 24 heavy (non-hydrogen) atoms. The molecule has 0 bridgehead atoms. The summed E-state index contributed by atoms with van der Waals surface area (Å²) in [6.45, 7) is 0.0341. The number of para-hydroxylation sites is 1. The number of hydrogen-bond donors (Lipinski definition) is 2. The van der Waals surface area contributed by atoms with Gasteiger partial charge >= 0.3 is 0 Å². The summed E-state index contributed by atoms with van der Waals surface area (Å²) in [5.41, 5.74) is 7.97. The van der Waals surface area contributed by atoms with Crippen molar-refractivity contribution in [1.82, 2.24) is 5.32 Å². The fraction of sp³-hybridized carbons (Fsp3) is 0.350. The molecule has 0 aliphatic heterocycles. The van der Waals surface area contributed by atoms with Crippen molar-refractivity contribution in [2.75, 3.05) is 6.61 Å². The molecule has 0 aromatic heterocycles. The lowest BCUT2D eigenvalue weighted by Gasteiger charge is -2.26. The molecule has 0 heterocycles. The summed E-state index contributed by atoms with van der Waals surface area (Å²) in [5, 5.41) is 3.05. The lowest BCUT2D eigenvalue weighted by molar-refractivity contribution is -0.124. The minimum atomic E-state index is -0.0710. The number of carbonyl (C=O) groups excluding carboxylic acids is 1. The van der Waals surface area contributed by atoms with Gasteiger partial charge in [-0.2, -0.15) is 0 Å². The van der Waals surface area contributed by atoms with Crippen molar-refractivity contribution >= 4 is 5.91 Å². The molecule has 1 aliphatic carbocycles. The molecule has 1 fully saturated rings. The Balaban J connectivity index is 1.58. The quantitative estimate of drug-likeness (QED) is 0.888. The van der Waals surface area contributed by atoms with E-state index >= 15 is 0 Å². The van der Waals surface area contributed by atoms with Crippen LogP contribution in [0.2, 0.25) is 0 Å². The molecular weight excluding hydrogens is 300 g/mol. The molecule has 3 rings (SSSR count). The second-order valence-electron chi connectivity index (χ2n) is 6.33. The third-order valence-corrected chi connectivity index (χ3v) is 4.47. The molecular formula is C20H24N2O2. The van der Waals surface area contributed by atoms with Crippen molar-refractivity contribution in [2.45, 2.75) is 37.8 Å². The fourth-order valence-corrected chi connectivity index (χ4v) is 3.12. The highest BCUT2D eigenvalue weighted by Crippen LogP contribution is 2.29. The zero-order valence-electron chi connectivity index (χ0n) is 13.8. The molecule has 0 atom stereocenters. The van der Waals surface area contributed by atoms with Gasteiger partial charge in [0.25, 0.3) is 5.91 Å². The zero-order chi connectivity index (χ0) is 16.8. The summed E-state index contributed by atoms with van der Waals surface area (Å²) in [5.74, 6) is 0.655. The Bertz CT molecular complexity index is 664. The highest BCUT2D eigenvalue weighted by molar-refractivity contribution is 5.78. The van der Waals surface area contributed by atoms with E-state index in [0.717, 1.165) is 42.6 Å². The third-order valence-electron chi connectivity index (χ3n) is 4.47. The number of ether oxygens (including phenoxy) is 1. The minimum Gasteiger partial charge on any atom is -0.483 e. The molecule has 0 unspecified atom stereocenters. The van der Waals surface area contributed by atoms with Gasteiger partial charge in [0.15, 0.2) is 6.61 Å². The van der Waals surface area contributed by atoms with Crippen LogP contribution in [0.1, 0.15) is 25.7 Å². The Labute approximate surface area is 143 Å². The Morgan fingerprint density at radius 2 is 1.67 bits per heavy atom. The first-order valence-corrected chi connectivity index (χ1v) is 8.54. The van der Waals surface area contributed by atoms with Crippen molar-refractivity contribution in [3.63, 3.8) is 0 Å². The highest BCUT2D eigenvalue weighted by atomic mass is 16.5. The number of nitrogens with two attached hydrogens (primary N) is 1. The highest BCUT2D eigenvalue weighted by Gasteiger charge is 2.20. The van der Waals surface area contributed by atoms with Gasteiger partial charge in [0, 0.05) is 17.6 Å². The van der Waals surface area contributed by atoms with Gasteiger partial charge in [-0.25, -0.2) is 0 Å². The Hall–Kier alpha value is -2.33. The molecule has 0 saturated heterocycles. The van der Waals surface area contributed by atoms with E-state index < -0.39 is 0 Å². The van der Waals surface area contributed by atoms with Gasteiger partial charge < -0.3 is 15.8 Å². The molecule has 0 spiro atoms. The van der Waals surface area contributed by atoms with E-state index in [1.54, 1.807) is 0 Å². The molecule has 3 N–H and O–H groups in total. The van der Waals surface area contributed by atoms with Gasteiger partial charge in [-0.05, 0) is 37.3 Å². The summed E-state index contributed by atoms with van der Waals surface area (Å²) >= 11 is 0. The first-order chi connectivity index (χ1) is 11.7. The Morgan fingerprint density at radius 3 is 2.42 bits per heavy atom. The molecule has 126 valence electrons. The molecule has 2 aromatic rings. The lowest BCUT2D eigenvalue weighted by atomic mass is 9.92. The summed E-state index contributed by atoms with van der Waals surface area (Å²) < 4.78 is 5.78. The number of carbonyl (C=O) groups is 1. The number of nitrogens with one attached hydrogen (secondary N) is 1. The SMILES string of the molecule is NC1CCC(NC(=O)COc2ccccc2-c2ccccc2)CC1. The van der Waals surface area contributed by atoms with Crippen LogP contribution in [0.15, 0.2) is 54.6 Å². The van der Waals surface area contributed by atoms with Gasteiger partial charge in [-0.15, -0.1) is 0 Å². The van der Waals surface area contributed by atoms with Crippen LogP contribution in [0.5, 0.6) is 5.75 Å². The molecule has 4 nitrogen and oxygen atoms in total. The van der Waals surface area contributed by atoms with Gasteiger partial charge in [-0.1, -0.05) is 48.5 Å². The second kappa shape index (κ2) is 7.97. The topological polar surface area (TPSA) is 64.3 Å². The average molecular weight is 324 g/mol. The van der Waals surface area contributed by atoms with Gasteiger partial charge in [0.1, 0.15) is 5.75 Å². The van der Waals surface area contributed by atoms with Crippen molar-refractivity contribution < 1.29 is 9.53 Å². The number of hydrogen-bond acceptors (Lipinski definition) is 3. The predicted octanol–water partition coefficient (Wildman–Crippen LogP) is 3.12. The predicted molar refractivity (Wildman–Crippen MR) is 95.7 cm³/mol. The van der Waals surface area contributed by atoms with E-state index in [-0.39, 0.29) is 24.6 Å². The van der Waals surface area contributed by atoms with Crippen LogP contribution in [0.25, 0.3) is 11.1 Å². The van der Waals surface area contributed by atoms with Crippen molar-refractivity contribution in [3.05, 3.63) is 54.6 Å². The van der Waals surface area contributed by atoms with E-state index in [9.17, 15) is 4.79 Å². The molecule has 1 saturated carbocycles. The van der Waals surface area contributed by atoms with Crippen LogP contribution < -0.4 is 15.8 Å². The first-order valence-electron chi connectivity index (χ1n) is 8.54. The summed E-state index contributed by atoms with van der Waals surface area (Å²) in [6, 6.07) is 18.3. The van der Waals surface area contributed by atoms with Crippen LogP contribution in [-0.4, -0.2) is 24.6 Å². The number of rotatable bonds is 5. The van der Waals surface area contributed by atoms with Crippen molar-refractivity contribution in [2.24, 2.45) is 5.73 Å². The standard InChI is InChI=1S/C20H24N2O2/c21-16-10-12-17(13-11-16)22-20(23)14-24-19-9-5-4-8-18(19)15-6-2-1-3-7-15/h1-9,16-17H,10-14,21H2,(H,22,23). The van der Waals surface area contributed by atoms with E-state index in [1.165, 1.54) is 0 Å². The summed E-state index contributed by atoms with van der Waals surface area (Å²) in [6.07, 6.45) is 3.85. The van der Waals surface area contributed by atoms with Crippen LogP contribution in [0.3, 0.4) is 0 Å². The van der Waals surface area contributed by atoms with E-state index in [2.05, 4.69) is 5.32 Å². The van der Waals surface area contributed by atoms with Gasteiger partial charge in [-0.3, -0.25) is 4.79 Å². The van der Waals surface area contributed by atoms with E-state index in [4.69, 9.17) is 10.5 Å². The summed E-state index contributed by atoms with van der Waals surface area (Å²) in [7, 11) is 0. The van der Waals surface area contributed by atoms with E-state index in [1.807, 2.05) is 54.6 Å². The average Bonchev–Trinajstić information content (AvgIpc) is 2.63. The Morgan fingerprint density at radius 1 is 1.00 bits per heavy atom. The second-order valence-corrected chi connectivity index (χ2v) is 6.33. The third kappa shape index (κ3) is 4.36. The van der Waals surface area contributed by atoms with Crippen LogP contribution in [0, 0.1) is 0 Å². The molecule has 2 aromatic carbocycles. The molecule has 4 heteroatoms. The lowest BCUT2D eigenvalue weighted by Crippen LogP contribution is -2.42. The van der Waals surface area contributed by atoms with Crippen LogP contribution in [0.4, 0.5) is 0 Å². The van der Waals surface area contributed by atoms with Gasteiger partial charge in [0.2, 0.25) is 0 Å². The van der Waals surface area contributed by atoms with Gasteiger partial charge in [0.05, 0.1) is 0 Å². The van der Waals surface area contributed by atoms with Crippen molar-refractivity contribution in [1.29, 1.82) is 0 Å². The minimum absolute atomic E-state index is 0.0341. The smallest absolute Gasteiger partial charge is 0.258 e. The largest absolute Gasteiger partial charge is 0.483 e. The van der Waals surface area contributed by atoms with E-state index in [0.29, 0.717) is 0 Å². The maximum Gasteiger partial charge on any atom is 0.258 e. The van der Waals surface area contributed by atoms with Crippen LogP contribution in [-0.2, 0) is 4.79 Å². The first kappa shape index (κ1) is 16.5.